The highest BCUT2D eigenvalue weighted by Crippen LogP contribution is 2.48. The van der Waals surface area contributed by atoms with Crippen LogP contribution in [0, 0.1) is 11.8 Å². The molecular formula is C23H26. The average molecular weight is 302 g/mol. The molecule has 0 radical (unpaired) electrons. The fourth-order valence-corrected chi connectivity index (χ4v) is 4.20. The number of hydrogen-bond donors (Lipinski definition) is 0. The third-order valence-electron chi connectivity index (χ3n) is 5.20. The van der Waals surface area contributed by atoms with Crippen LogP contribution in [0.1, 0.15) is 37.8 Å². The number of benzene rings is 2. The molecule has 0 aromatic heterocycles. The molecule has 1 aliphatic rings. The Labute approximate surface area is 140 Å². The summed E-state index contributed by atoms with van der Waals surface area (Å²) in [7, 11) is 0. The first-order chi connectivity index (χ1) is 11.3. The van der Waals surface area contributed by atoms with Gasteiger partial charge in [0.05, 0.1) is 0 Å². The first kappa shape index (κ1) is 15.8. The number of hydrogen-bond acceptors (Lipinski definition) is 0. The lowest BCUT2D eigenvalue weighted by molar-refractivity contribution is 0.296. The second kappa shape index (κ2) is 7.00. The topological polar surface area (TPSA) is 0 Å². The van der Waals surface area contributed by atoms with Crippen LogP contribution in [0.4, 0.5) is 0 Å². The van der Waals surface area contributed by atoms with E-state index >= 15 is 0 Å². The van der Waals surface area contributed by atoms with Gasteiger partial charge in [-0.15, -0.1) is 0 Å². The average Bonchev–Trinajstić information content (AvgIpc) is 2.62. The predicted molar refractivity (Wildman–Crippen MR) is 99.5 cm³/mol. The van der Waals surface area contributed by atoms with E-state index in [1.54, 1.807) is 0 Å². The minimum absolute atomic E-state index is 0.0396. The van der Waals surface area contributed by atoms with Crippen LogP contribution < -0.4 is 0 Å². The zero-order chi connectivity index (χ0) is 16.1. The normalized spacial score (nSPS) is 20.6. The molecule has 0 fully saturated rings. The van der Waals surface area contributed by atoms with Crippen LogP contribution in [0.5, 0.6) is 0 Å². The molecule has 2 unspecified atom stereocenters. The van der Waals surface area contributed by atoms with Gasteiger partial charge in [-0.2, -0.15) is 0 Å². The van der Waals surface area contributed by atoms with Gasteiger partial charge in [0, 0.05) is 5.41 Å². The summed E-state index contributed by atoms with van der Waals surface area (Å²) in [5.41, 5.74) is 2.91. The Morgan fingerprint density at radius 1 is 0.783 bits per heavy atom. The molecule has 0 spiro atoms. The summed E-state index contributed by atoms with van der Waals surface area (Å²) in [6.45, 7) is 4.65. The van der Waals surface area contributed by atoms with Gasteiger partial charge in [0.2, 0.25) is 0 Å². The van der Waals surface area contributed by atoms with Crippen molar-refractivity contribution in [2.75, 3.05) is 0 Å². The van der Waals surface area contributed by atoms with Gasteiger partial charge in [-0.25, -0.2) is 0 Å². The minimum atomic E-state index is 0.0396. The highest BCUT2D eigenvalue weighted by Gasteiger charge is 2.42. The van der Waals surface area contributed by atoms with Gasteiger partial charge in [0.1, 0.15) is 0 Å². The van der Waals surface area contributed by atoms with Gasteiger partial charge in [-0.3, -0.25) is 0 Å². The van der Waals surface area contributed by atoms with Gasteiger partial charge in [0.25, 0.3) is 0 Å². The maximum Gasteiger partial charge on any atom is 0.0271 e. The van der Waals surface area contributed by atoms with E-state index in [2.05, 4.69) is 98.8 Å². The van der Waals surface area contributed by atoms with E-state index in [9.17, 15) is 0 Å². The fourth-order valence-electron chi connectivity index (χ4n) is 4.20. The van der Waals surface area contributed by atoms with Crippen LogP contribution in [0.3, 0.4) is 0 Å². The number of rotatable bonds is 5. The smallest absolute Gasteiger partial charge is 0.0271 e. The molecule has 2 aromatic carbocycles. The van der Waals surface area contributed by atoms with Crippen molar-refractivity contribution in [2.24, 2.45) is 11.8 Å². The summed E-state index contributed by atoms with van der Waals surface area (Å²) in [6.07, 6.45) is 11.5. The Morgan fingerprint density at radius 3 is 1.78 bits per heavy atom. The molecule has 3 rings (SSSR count). The SMILES string of the molecule is CCCC(c1ccccc1)(c1ccccc1)C1C=CC=CC1C. The van der Waals surface area contributed by atoms with Gasteiger partial charge in [-0.1, -0.05) is 105 Å². The van der Waals surface area contributed by atoms with E-state index in [4.69, 9.17) is 0 Å². The molecule has 1 aliphatic carbocycles. The third-order valence-corrected chi connectivity index (χ3v) is 5.20. The molecule has 0 amide bonds. The fraction of sp³-hybridized carbons (Fsp3) is 0.304. The lowest BCUT2D eigenvalue weighted by Gasteiger charge is -2.44. The molecule has 0 aliphatic heterocycles. The predicted octanol–water partition coefficient (Wildman–Crippen LogP) is 6.15. The lowest BCUT2D eigenvalue weighted by Crippen LogP contribution is -2.39. The second-order valence-corrected chi connectivity index (χ2v) is 6.61. The van der Waals surface area contributed by atoms with Gasteiger partial charge >= 0.3 is 0 Å². The second-order valence-electron chi connectivity index (χ2n) is 6.61. The molecule has 0 bridgehead atoms. The zero-order valence-electron chi connectivity index (χ0n) is 14.2. The summed E-state index contributed by atoms with van der Waals surface area (Å²) in [5.74, 6) is 1.02. The zero-order valence-corrected chi connectivity index (χ0v) is 14.2. The van der Waals surface area contributed by atoms with E-state index in [-0.39, 0.29) is 5.41 Å². The summed E-state index contributed by atoms with van der Waals surface area (Å²) in [5, 5.41) is 0. The van der Waals surface area contributed by atoms with Crippen LogP contribution in [-0.2, 0) is 5.41 Å². The Hall–Kier alpha value is -2.08. The van der Waals surface area contributed by atoms with E-state index in [1.807, 2.05) is 0 Å². The van der Waals surface area contributed by atoms with E-state index in [0.717, 1.165) is 6.42 Å². The minimum Gasteiger partial charge on any atom is -0.0811 e. The highest BCUT2D eigenvalue weighted by molar-refractivity contribution is 5.43. The van der Waals surface area contributed by atoms with Crippen molar-refractivity contribution in [1.82, 2.24) is 0 Å². The van der Waals surface area contributed by atoms with Crippen LogP contribution in [-0.4, -0.2) is 0 Å². The van der Waals surface area contributed by atoms with Crippen LogP contribution in [0.25, 0.3) is 0 Å². The first-order valence-corrected chi connectivity index (χ1v) is 8.75. The monoisotopic (exact) mass is 302 g/mol. The van der Waals surface area contributed by atoms with E-state index in [1.165, 1.54) is 17.5 Å². The maximum atomic E-state index is 2.42. The quantitative estimate of drug-likeness (QED) is 0.621. The molecule has 0 saturated heterocycles. The van der Waals surface area contributed by atoms with Crippen LogP contribution in [0.15, 0.2) is 85.0 Å². The third kappa shape index (κ3) is 2.91. The first-order valence-electron chi connectivity index (χ1n) is 8.75. The van der Waals surface area contributed by atoms with Crippen LogP contribution >= 0.6 is 0 Å². The van der Waals surface area contributed by atoms with Crippen molar-refractivity contribution >= 4 is 0 Å². The molecule has 0 nitrogen and oxygen atoms in total. The number of allylic oxidation sites excluding steroid dienone is 4. The molecule has 0 heteroatoms. The Balaban J connectivity index is 2.22. The molecule has 2 aromatic rings. The van der Waals surface area contributed by atoms with Gasteiger partial charge in [-0.05, 0) is 29.4 Å². The van der Waals surface area contributed by atoms with E-state index in [0.29, 0.717) is 11.8 Å². The Kier molecular flexibility index (Phi) is 4.81. The van der Waals surface area contributed by atoms with Crippen LogP contribution in [0.2, 0.25) is 0 Å². The molecule has 0 heterocycles. The maximum absolute atomic E-state index is 2.42. The summed E-state index contributed by atoms with van der Waals surface area (Å²) in [4.78, 5) is 0. The molecule has 0 N–H and O–H groups in total. The van der Waals surface area contributed by atoms with Crippen molar-refractivity contribution in [3.05, 3.63) is 96.1 Å². The van der Waals surface area contributed by atoms with Crippen molar-refractivity contribution in [3.8, 4) is 0 Å². The van der Waals surface area contributed by atoms with Gasteiger partial charge < -0.3 is 0 Å². The molecule has 23 heavy (non-hydrogen) atoms. The largest absolute Gasteiger partial charge is 0.0811 e. The highest BCUT2D eigenvalue weighted by atomic mass is 14.4. The van der Waals surface area contributed by atoms with Crippen molar-refractivity contribution < 1.29 is 0 Å². The summed E-state index contributed by atoms with van der Waals surface area (Å²) >= 11 is 0. The lowest BCUT2D eigenvalue weighted by atomic mass is 9.59. The molecular weight excluding hydrogens is 276 g/mol. The summed E-state index contributed by atoms with van der Waals surface area (Å²) in [6, 6.07) is 22.2. The Morgan fingerprint density at radius 2 is 1.30 bits per heavy atom. The van der Waals surface area contributed by atoms with Crippen molar-refractivity contribution in [2.45, 2.75) is 32.1 Å². The van der Waals surface area contributed by atoms with Crippen molar-refractivity contribution in [3.63, 3.8) is 0 Å². The molecule has 2 atom stereocenters. The Bertz CT molecular complexity index is 624. The standard InChI is InChI=1S/C23H26/c1-3-18-23(20-13-6-4-7-14-20,21-15-8-5-9-16-21)22-17-11-10-12-19(22)2/h4-17,19,22H,3,18H2,1-2H3. The molecule has 0 saturated carbocycles. The van der Waals surface area contributed by atoms with E-state index < -0.39 is 0 Å². The summed E-state index contributed by atoms with van der Waals surface area (Å²) < 4.78 is 0. The molecule has 118 valence electrons. The van der Waals surface area contributed by atoms with Crippen molar-refractivity contribution in [1.29, 1.82) is 0 Å². The van der Waals surface area contributed by atoms with Gasteiger partial charge in [0.15, 0.2) is 0 Å².